The van der Waals surface area contributed by atoms with Crippen molar-refractivity contribution in [3.63, 3.8) is 0 Å². The first-order valence-electron chi connectivity index (χ1n) is 6.61. The fourth-order valence-corrected chi connectivity index (χ4v) is 3.81. The van der Waals surface area contributed by atoms with Crippen molar-refractivity contribution in [2.24, 2.45) is 23.2 Å². The molecule has 0 radical (unpaired) electrons. The number of nitrogens with one attached hydrogen (secondary N) is 2. The van der Waals surface area contributed by atoms with E-state index >= 15 is 0 Å². The van der Waals surface area contributed by atoms with Crippen molar-refractivity contribution in [1.29, 1.82) is 0 Å². The third kappa shape index (κ3) is 2.36. The van der Waals surface area contributed by atoms with E-state index in [1.54, 1.807) is 0 Å². The number of urea groups is 1. The molecule has 1 aliphatic carbocycles. The van der Waals surface area contributed by atoms with E-state index in [4.69, 9.17) is 0 Å². The summed E-state index contributed by atoms with van der Waals surface area (Å²) in [6.45, 7) is 5.99. The third-order valence-corrected chi connectivity index (χ3v) is 4.72. The number of carbonyl (C=O) groups is 3. The Labute approximate surface area is 135 Å². The van der Waals surface area contributed by atoms with Crippen LogP contribution in [-0.4, -0.2) is 17.8 Å². The fourth-order valence-electron chi connectivity index (χ4n) is 3.81. The van der Waals surface area contributed by atoms with E-state index in [0.717, 1.165) is 19.3 Å². The van der Waals surface area contributed by atoms with Crippen LogP contribution < -0.4 is 40.2 Å². The summed E-state index contributed by atoms with van der Waals surface area (Å²) in [7, 11) is 0. The zero-order valence-corrected chi connectivity index (χ0v) is 14.1. The molecule has 2 N–H and O–H groups in total. The molecule has 1 heterocycles. The second kappa shape index (κ2) is 5.94. The van der Waals surface area contributed by atoms with E-state index in [9.17, 15) is 14.4 Å². The zero-order chi connectivity index (χ0) is 13.5. The molecule has 0 bridgehead atoms. The van der Waals surface area contributed by atoms with Crippen LogP contribution in [0, 0.1) is 23.2 Å². The normalized spacial score (nSPS) is 32.8. The van der Waals surface area contributed by atoms with Crippen LogP contribution in [0.1, 0.15) is 40.0 Å². The van der Waals surface area contributed by atoms with Crippen LogP contribution in [-0.2, 0) is 9.59 Å². The SMILES string of the molecule is CCCC1CC(C)C2(C(=O)NC(=O)NC2=O)C1C.[Na+]. The molecule has 2 rings (SSSR count). The van der Waals surface area contributed by atoms with E-state index in [2.05, 4.69) is 17.6 Å². The van der Waals surface area contributed by atoms with Crippen molar-refractivity contribution in [1.82, 2.24) is 10.6 Å². The third-order valence-electron chi connectivity index (χ3n) is 4.72. The van der Waals surface area contributed by atoms with Gasteiger partial charge >= 0.3 is 35.6 Å². The Morgan fingerprint density at radius 3 is 2.16 bits per heavy atom. The van der Waals surface area contributed by atoms with Gasteiger partial charge in [-0.2, -0.15) is 0 Å². The Morgan fingerprint density at radius 1 is 1.16 bits per heavy atom. The smallest absolute Gasteiger partial charge is 0.277 e. The van der Waals surface area contributed by atoms with Crippen molar-refractivity contribution in [2.75, 3.05) is 0 Å². The molecule has 0 aromatic heterocycles. The number of rotatable bonds is 2. The van der Waals surface area contributed by atoms with Crippen LogP contribution in [0.15, 0.2) is 0 Å². The molecule has 19 heavy (non-hydrogen) atoms. The van der Waals surface area contributed by atoms with E-state index in [-0.39, 0.29) is 41.4 Å². The standard InChI is InChI=1S/C13H20N2O3.Na/c1-4-5-9-6-7(2)13(8(9)3)10(16)14-12(18)15-11(13)17;/h7-9H,4-6H2,1-3H3,(H2,14,15,16,17,18);/q;+1. The fraction of sp³-hybridized carbons (Fsp3) is 0.769. The average Bonchev–Trinajstić information content (AvgIpc) is 2.50. The van der Waals surface area contributed by atoms with Gasteiger partial charge < -0.3 is 0 Å². The molecular weight excluding hydrogens is 255 g/mol. The molecule has 6 heteroatoms. The van der Waals surface area contributed by atoms with Gasteiger partial charge in [0, 0.05) is 0 Å². The van der Waals surface area contributed by atoms with Crippen LogP contribution in [0.5, 0.6) is 0 Å². The molecule has 1 aliphatic heterocycles. The average molecular weight is 275 g/mol. The molecule has 3 unspecified atom stereocenters. The number of hydrogen-bond donors (Lipinski definition) is 2. The topological polar surface area (TPSA) is 75.3 Å². The van der Waals surface area contributed by atoms with Gasteiger partial charge in [0.2, 0.25) is 11.8 Å². The minimum absolute atomic E-state index is 0. The predicted molar refractivity (Wildman–Crippen MR) is 65.5 cm³/mol. The molecule has 0 aromatic rings. The largest absolute Gasteiger partial charge is 1.00 e. The first kappa shape index (κ1) is 16.7. The summed E-state index contributed by atoms with van der Waals surface area (Å²) in [6.07, 6.45) is 2.92. The molecule has 5 nitrogen and oxygen atoms in total. The second-order valence-corrected chi connectivity index (χ2v) is 5.58. The Morgan fingerprint density at radius 2 is 1.68 bits per heavy atom. The van der Waals surface area contributed by atoms with Crippen LogP contribution in [0.25, 0.3) is 0 Å². The second-order valence-electron chi connectivity index (χ2n) is 5.58. The van der Waals surface area contributed by atoms with Gasteiger partial charge in [-0.1, -0.05) is 33.6 Å². The van der Waals surface area contributed by atoms with Crippen molar-refractivity contribution in [3.05, 3.63) is 0 Å². The first-order chi connectivity index (χ1) is 8.44. The maximum atomic E-state index is 12.2. The molecule has 4 amide bonds. The molecule has 0 aromatic carbocycles. The van der Waals surface area contributed by atoms with Gasteiger partial charge in [-0.05, 0) is 24.2 Å². The number of amides is 4. The maximum absolute atomic E-state index is 12.2. The van der Waals surface area contributed by atoms with Crippen LogP contribution in [0.2, 0.25) is 0 Å². The summed E-state index contributed by atoms with van der Waals surface area (Å²) in [5.74, 6) is -0.530. The van der Waals surface area contributed by atoms with E-state index in [0.29, 0.717) is 5.92 Å². The van der Waals surface area contributed by atoms with Gasteiger partial charge in [-0.3, -0.25) is 20.2 Å². The van der Waals surface area contributed by atoms with Crippen molar-refractivity contribution in [3.8, 4) is 0 Å². The Kier molecular flexibility index (Phi) is 5.21. The van der Waals surface area contributed by atoms with Gasteiger partial charge in [0.05, 0.1) is 0 Å². The van der Waals surface area contributed by atoms with E-state index in [1.807, 2.05) is 13.8 Å². The monoisotopic (exact) mass is 275 g/mol. The number of carbonyl (C=O) groups excluding carboxylic acids is 3. The van der Waals surface area contributed by atoms with E-state index < -0.39 is 23.3 Å². The molecular formula is C13H20N2NaO3+. The molecule has 1 saturated heterocycles. The summed E-state index contributed by atoms with van der Waals surface area (Å²) in [5.41, 5.74) is -1.06. The summed E-state index contributed by atoms with van der Waals surface area (Å²) in [6, 6.07) is -0.700. The molecule has 1 spiro atoms. The molecule has 3 atom stereocenters. The summed E-state index contributed by atoms with van der Waals surface area (Å²) in [4.78, 5) is 35.6. The van der Waals surface area contributed by atoms with Crippen LogP contribution in [0.3, 0.4) is 0 Å². The zero-order valence-electron chi connectivity index (χ0n) is 12.1. The minimum atomic E-state index is -1.06. The summed E-state index contributed by atoms with van der Waals surface area (Å²) in [5, 5.41) is 4.51. The summed E-state index contributed by atoms with van der Waals surface area (Å²) >= 11 is 0. The van der Waals surface area contributed by atoms with Crippen molar-refractivity contribution >= 4 is 17.8 Å². The number of barbiturate groups is 1. The van der Waals surface area contributed by atoms with Gasteiger partial charge in [-0.25, -0.2) is 4.79 Å². The van der Waals surface area contributed by atoms with Gasteiger partial charge in [0.1, 0.15) is 5.41 Å². The summed E-state index contributed by atoms with van der Waals surface area (Å²) < 4.78 is 0. The maximum Gasteiger partial charge on any atom is 1.00 e. The molecule has 2 aliphatic rings. The van der Waals surface area contributed by atoms with Gasteiger partial charge in [0.25, 0.3) is 0 Å². The van der Waals surface area contributed by atoms with Crippen LogP contribution in [0.4, 0.5) is 4.79 Å². The first-order valence-corrected chi connectivity index (χ1v) is 6.61. The molecule has 2 fully saturated rings. The van der Waals surface area contributed by atoms with Crippen LogP contribution >= 0.6 is 0 Å². The number of hydrogen-bond acceptors (Lipinski definition) is 3. The van der Waals surface area contributed by atoms with Gasteiger partial charge in [-0.15, -0.1) is 0 Å². The Hall–Kier alpha value is -0.390. The Balaban J connectivity index is 0.00000180. The quantitative estimate of drug-likeness (QED) is 0.472. The van der Waals surface area contributed by atoms with Gasteiger partial charge in [0.15, 0.2) is 0 Å². The van der Waals surface area contributed by atoms with Crippen molar-refractivity contribution in [2.45, 2.75) is 40.0 Å². The Bertz CT molecular complexity index is 391. The minimum Gasteiger partial charge on any atom is -0.277 e. The molecule has 1 saturated carbocycles. The van der Waals surface area contributed by atoms with E-state index in [1.165, 1.54) is 0 Å². The predicted octanol–water partition coefficient (Wildman–Crippen LogP) is -1.56. The molecule has 100 valence electrons. The van der Waals surface area contributed by atoms with Crippen molar-refractivity contribution < 1.29 is 43.9 Å². The number of imide groups is 2.